The van der Waals surface area contributed by atoms with Gasteiger partial charge in [-0.25, -0.2) is 0 Å². The number of hydrogen-bond donors (Lipinski definition) is 2. The van der Waals surface area contributed by atoms with Crippen LogP contribution < -0.4 is 5.32 Å². The van der Waals surface area contributed by atoms with Crippen LogP contribution in [0.2, 0.25) is 0 Å². The van der Waals surface area contributed by atoms with Crippen LogP contribution in [0.5, 0.6) is 0 Å². The Hall–Kier alpha value is -0.290. The molecular weight excluding hydrogens is 159 g/mol. The van der Waals surface area contributed by atoms with Gasteiger partial charge in [0, 0.05) is 6.04 Å². The van der Waals surface area contributed by atoms with Crippen molar-refractivity contribution < 1.29 is 18.3 Å². The van der Waals surface area contributed by atoms with Gasteiger partial charge >= 0.3 is 6.18 Å². The summed E-state index contributed by atoms with van der Waals surface area (Å²) in [6.45, 7) is 0.567. The lowest BCUT2D eigenvalue weighted by molar-refractivity contribution is -0.210. The van der Waals surface area contributed by atoms with Gasteiger partial charge in [-0.05, 0) is 19.4 Å². The number of aliphatic hydroxyl groups is 1. The first-order valence-electron chi connectivity index (χ1n) is 3.50. The van der Waals surface area contributed by atoms with Crippen molar-refractivity contribution in [1.82, 2.24) is 5.32 Å². The lowest BCUT2D eigenvalue weighted by Gasteiger charge is -2.20. The van der Waals surface area contributed by atoms with Gasteiger partial charge in [0.2, 0.25) is 0 Å². The van der Waals surface area contributed by atoms with E-state index in [1.54, 1.807) is 0 Å². The zero-order valence-corrected chi connectivity index (χ0v) is 5.86. The highest BCUT2D eigenvalue weighted by Gasteiger charge is 2.44. The lowest BCUT2D eigenvalue weighted by Crippen LogP contribution is -2.44. The number of nitrogens with one attached hydrogen (secondary N) is 1. The molecule has 0 unspecified atom stereocenters. The molecule has 0 bridgehead atoms. The molecule has 1 aliphatic heterocycles. The second kappa shape index (κ2) is 2.98. The molecule has 0 amide bonds. The fourth-order valence-corrected chi connectivity index (χ4v) is 1.21. The highest BCUT2D eigenvalue weighted by Crippen LogP contribution is 2.25. The molecule has 66 valence electrons. The Labute approximate surface area is 62.4 Å². The Morgan fingerprint density at radius 2 is 2.09 bits per heavy atom. The van der Waals surface area contributed by atoms with E-state index in [0.717, 1.165) is 0 Å². The van der Waals surface area contributed by atoms with Gasteiger partial charge in [-0.3, -0.25) is 0 Å². The first kappa shape index (κ1) is 8.80. The third-order valence-electron chi connectivity index (χ3n) is 1.81. The zero-order valence-electron chi connectivity index (χ0n) is 5.86. The van der Waals surface area contributed by atoms with Crippen molar-refractivity contribution in [2.75, 3.05) is 6.54 Å². The van der Waals surface area contributed by atoms with Crippen molar-refractivity contribution >= 4 is 0 Å². The topological polar surface area (TPSA) is 32.3 Å². The molecule has 11 heavy (non-hydrogen) atoms. The molecule has 0 aliphatic carbocycles. The van der Waals surface area contributed by atoms with E-state index in [9.17, 15) is 13.2 Å². The van der Waals surface area contributed by atoms with Crippen molar-refractivity contribution in [3.05, 3.63) is 0 Å². The number of alkyl halides is 3. The van der Waals surface area contributed by atoms with E-state index in [0.29, 0.717) is 19.4 Å². The summed E-state index contributed by atoms with van der Waals surface area (Å²) in [7, 11) is 0. The van der Waals surface area contributed by atoms with Gasteiger partial charge in [-0.2, -0.15) is 13.2 Å². The van der Waals surface area contributed by atoms with Crippen molar-refractivity contribution in [2.45, 2.75) is 31.2 Å². The Balaban J connectivity index is 2.46. The van der Waals surface area contributed by atoms with Crippen molar-refractivity contribution in [1.29, 1.82) is 0 Å². The quantitative estimate of drug-likeness (QED) is 0.604. The summed E-state index contributed by atoms with van der Waals surface area (Å²) in [5.41, 5.74) is 0. The summed E-state index contributed by atoms with van der Waals surface area (Å²) >= 11 is 0. The van der Waals surface area contributed by atoms with Gasteiger partial charge in [-0.1, -0.05) is 0 Å². The predicted molar refractivity (Wildman–Crippen MR) is 33.1 cm³/mol. The predicted octanol–water partition coefficient (Wildman–Crippen LogP) is 0.662. The van der Waals surface area contributed by atoms with E-state index in [1.807, 2.05) is 0 Å². The highest BCUT2D eigenvalue weighted by atomic mass is 19.4. The molecule has 1 rings (SSSR count). The third-order valence-corrected chi connectivity index (χ3v) is 1.81. The third kappa shape index (κ3) is 2.07. The minimum Gasteiger partial charge on any atom is -0.382 e. The van der Waals surface area contributed by atoms with Crippen molar-refractivity contribution in [3.8, 4) is 0 Å². The van der Waals surface area contributed by atoms with Crippen LogP contribution in [0, 0.1) is 0 Å². The molecule has 0 saturated carbocycles. The van der Waals surface area contributed by atoms with Crippen LogP contribution in [0.4, 0.5) is 13.2 Å². The van der Waals surface area contributed by atoms with E-state index in [4.69, 9.17) is 5.11 Å². The summed E-state index contributed by atoms with van der Waals surface area (Å²) in [6, 6.07) is -0.796. The van der Waals surface area contributed by atoms with Crippen LogP contribution in [0.1, 0.15) is 12.8 Å². The summed E-state index contributed by atoms with van der Waals surface area (Å²) < 4.78 is 35.4. The second-order valence-corrected chi connectivity index (χ2v) is 2.69. The van der Waals surface area contributed by atoms with E-state index in [-0.39, 0.29) is 0 Å². The molecule has 2 atom stereocenters. The fraction of sp³-hybridized carbons (Fsp3) is 1.00. The first-order chi connectivity index (χ1) is 5.02. The standard InChI is InChI=1S/C6H10F3NO/c7-6(8,9)5(11)4-2-1-3-10-4/h4-5,10-11H,1-3H2/t4-,5-/m0/s1. The highest BCUT2D eigenvalue weighted by molar-refractivity contribution is 4.85. The number of aliphatic hydroxyl groups excluding tert-OH is 1. The number of rotatable bonds is 1. The van der Waals surface area contributed by atoms with Crippen molar-refractivity contribution in [2.24, 2.45) is 0 Å². The Morgan fingerprint density at radius 3 is 2.45 bits per heavy atom. The molecule has 0 radical (unpaired) electrons. The maximum atomic E-state index is 11.8. The molecule has 2 nitrogen and oxygen atoms in total. The van der Waals surface area contributed by atoms with Gasteiger partial charge in [0.1, 0.15) is 0 Å². The summed E-state index contributed by atoms with van der Waals surface area (Å²) in [5, 5.41) is 11.3. The smallest absolute Gasteiger partial charge is 0.382 e. The van der Waals surface area contributed by atoms with Gasteiger partial charge in [0.25, 0.3) is 0 Å². The molecule has 0 aromatic carbocycles. The molecule has 1 heterocycles. The average Bonchev–Trinajstić information content (AvgIpc) is 2.34. The molecule has 0 aromatic heterocycles. The Bertz CT molecular complexity index is 130. The molecule has 0 aromatic rings. The minimum absolute atomic E-state index is 0.403. The molecule has 1 aliphatic rings. The molecule has 2 N–H and O–H groups in total. The van der Waals surface area contributed by atoms with Gasteiger partial charge < -0.3 is 10.4 Å². The lowest BCUT2D eigenvalue weighted by atomic mass is 10.1. The van der Waals surface area contributed by atoms with E-state index in [1.165, 1.54) is 0 Å². The Kier molecular flexibility index (Phi) is 2.39. The second-order valence-electron chi connectivity index (χ2n) is 2.69. The van der Waals surface area contributed by atoms with Crippen LogP contribution in [0.3, 0.4) is 0 Å². The minimum atomic E-state index is -4.48. The largest absolute Gasteiger partial charge is 0.415 e. The molecule has 0 spiro atoms. The van der Waals surface area contributed by atoms with Crippen molar-refractivity contribution in [3.63, 3.8) is 0 Å². The van der Waals surface area contributed by atoms with E-state index >= 15 is 0 Å². The molecular formula is C6H10F3NO. The summed E-state index contributed by atoms with van der Waals surface area (Å²) in [4.78, 5) is 0. The SMILES string of the molecule is O[C@@H]([C@@H]1CCCN1)C(F)(F)F. The molecule has 1 fully saturated rings. The molecule has 1 saturated heterocycles. The van der Waals surface area contributed by atoms with Crippen LogP contribution in [0.25, 0.3) is 0 Å². The van der Waals surface area contributed by atoms with Crippen LogP contribution in [-0.2, 0) is 0 Å². The normalized spacial score (nSPS) is 28.9. The van der Waals surface area contributed by atoms with E-state index < -0.39 is 18.3 Å². The summed E-state index contributed by atoms with van der Waals surface area (Å²) in [6.07, 6.45) is -5.58. The average molecular weight is 169 g/mol. The van der Waals surface area contributed by atoms with E-state index in [2.05, 4.69) is 5.32 Å². The Morgan fingerprint density at radius 1 is 1.45 bits per heavy atom. The molecule has 5 heteroatoms. The maximum absolute atomic E-state index is 11.8. The summed E-state index contributed by atoms with van der Waals surface area (Å²) in [5.74, 6) is 0. The maximum Gasteiger partial charge on any atom is 0.415 e. The van der Waals surface area contributed by atoms with Gasteiger partial charge in [-0.15, -0.1) is 0 Å². The monoisotopic (exact) mass is 169 g/mol. The fourth-order valence-electron chi connectivity index (χ4n) is 1.21. The van der Waals surface area contributed by atoms with Crippen LogP contribution >= 0.6 is 0 Å². The zero-order chi connectivity index (χ0) is 8.48. The van der Waals surface area contributed by atoms with Gasteiger partial charge in [0.05, 0.1) is 0 Å². The number of halogens is 3. The van der Waals surface area contributed by atoms with Crippen LogP contribution in [-0.4, -0.2) is 30.0 Å². The number of hydrogen-bond acceptors (Lipinski definition) is 2. The van der Waals surface area contributed by atoms with Gasteiger partial charge in [0.15, 0.2) is 6.10 Å². The van der Waals surface area contributed by atoms with Crippen LogP contribution in [0.15, 0.2) is 0 Å². The first-order valence-corrected chi connectivity index (χ1v) is 3.50.